The number of para-hydroxylation sites is 1. The van der Waals surface area contributed by atoms with E-state index in [1.165, 1.54) is 11.3 Å². The monoisotopic (exact) mass is 263 g/mol. The molecule has 0 aliphatic rings. The smallest absolute Gasteiger partial charge is 0.304 e. The summed E-state index contributed by atoms with van der Waals surface area (Å²) in [5, 5.41) is 11.7. The van der Waals surface area contributed by atoms with Crippen LogP contribution in [0.3, 0.4) is 0 Å². The molecule has 2 aromatic rings. The predicted octanol–water partition coefficient (Wildman–Crippen LogP) is 2.76. The van der Waals surface area contributed by atoms with Crippen molar-refractivity contribution in [3.05, 3.63) is 46.4 Å². The number of ether oxygens (including phenoxy) is 1. The number of aliphatic carboxylic acids is 1. The third-order valence-electron chi connectivity index (χ3n) is 2.64. The average molecular weight is 263 g/mol. The van der Waals surface area contributed by atoms with E-state index in [-0.39, 0.29) is 12.3 Å². The Kier molecular flexibility index (Phi) is 3.94. The quantitative estimate of drug-likeness (QED) is 0.901. The van der Waals surface area contributed by atoms with Gasteiger partial charge >= 0.3 is 5.97 Å². The van der Waals surface area contributed by atoms with Gasteiger partial charge in [-0.3, -0.25) is 4.79 Å². The van der Waals surface area contributed by atoms with E-state index in [9.17, 15) is 4.79 Å². The number of nitrogens with zero attached hydrogens (tertiary/aromatic N) is 1. The SMILES string of the molecule is COc1ccccc1C(CC(=O)O)c1nccs1. The van der Waals surface area contributed by atoms with Crippen molar-refractivity contribution in [2.45, 2.75) is 12.3 Å². The summed E-state index contributed by atoms with van der Waals surface area (Å²) in [6.45, 7) is 0. The lowest BCUT2D eigenvalue weighted by atomic mass is 9.95. The predicted molar refractivity (Wildman–Crippen MR) is 69.2 cm³/mol. The van der Waals surface area contributed by atoms with Gasteiger partial charge in [0.25, 0.3) is 0 Å². The van der Waals surface area contributed by atoms with E-state index in [1.54, 1.807) is 13.3 Å². The molecule has 94 valence electrons. The summed E-state index contributed by atoms with van der Waals surface area (Å²) >= 11 is 1.46. The third kappa shape index (κ3) is 2.68. The molecular formula is C13H13NO3S. The molecule has 0 radical (unpaired) electrons. The van der Waals surface area contributed by atoms with Crippen LogP contribution in [-0.4, -0.2) is 23.2 Å². The Bertz CT molecular complexity index is 525. The minimum absolute atomic E-state index is 0.00782. The lowest BCUT2D eigenvalue weighted by Gasteiger charge is -2.16. The number of carbonyl (C=O) groups is 1. The number of hydrogen-bond acceptors (Lipinski definition) is 4. The minimum atomic E-state index is -0.846. The number of aromatic nitrogens is 1. The third-order valence-corrected chi connectivity index (χ3v) is 3.53. The van der Waals surface area contributed by atoms with E-state index in [4.69, 9.17) is 9.84 Å². The van der Waals surface area contributed by atoms with Gasteiger partial charge in [0.15, 0.2) is 0 Å². The molecule has 0 aliphatic heterocycles. The van der Waals surface area contributed by atoms with Gasteiger partial charge in [0.05, 0.1) is 19.4 Å². The van der Waals surface area contributed by atoms with Crippen LogP contribution in [0.5, 0.6) is 5.75 Å². The van der Waals surface area contributed by atoms with Crippen molar-refractivity contribution in [1.82, 2.24) is 4.98 Å². The van der Waals surface area contributed by atoms with Crippen LogP contribution in [0.2, 0.25) is 0 Å². The van der Waals surface area contributed by atoms with Crippen molar-refractivity contribution >= 4 is 17.3 Å². The lowest BCUT2D eigenvalue weighted by molar-refractivity contribution is -0.137. The minimum Gasteiger partial charge on any atom is -0.496 e. The zero-order chi connectivity index (χ0) is 13.0. The number of methoxy groups -OCH3 is 1. The summed E-state index contributed by atoms with van der Waals surface area (Å²) in [7, 11) is 1.58. The second-order valence-electron chi connectivity index (χ2n) is 3.76. The highest BCUT2D eigenvalue weighted by molar-refractivity contribution is 7.09. The Labute approximate surface area is 109 Å². The van der Waals surface area contributed by atoms with Gasteiger partial charge in [0.1, 0.15) is 10.8 Å². The van der Waals surface area contributed by atoms with E-state index in [1.807, 2.05) is 29.6 Å². The molecule has 0 spiro atoms. The molecule has 0 saturated heterocycles. The highest BCUT2D eigenvalue weighted by atomic mass is 32.1. The maximum absolute atomic E-state index is 11.0. The topological polar surface area (TPSA) is 59.4 Å². The number of carboxylic acid groups (broad SMARTS) is 1. The largest absolute Gasteiger partial charge is 0.496 e. The molecular weight excluding hydrogens is 250 g/mol. The van der Waals surface area contributed by atoms with Gasteiger partial charge in [-0.1, -0.05) is 18.2 Å². The normalized spacial score (nSPS) is 12.1. The fourth-order valence-electron chi connectivity index (χ4n) is 1.87. The second kappa shape index (κ2) is 5.64. The first-order valence-corrected chi connectivity index (χ1v) is 6.34. The molecule has 0 fully saturated rings. The molecule has 0 bridgehead atoms. The van der Waals surface area contributed by atoms with E-state index in [2.05, 4.69) is 4.98 Å². The molecule has 4 nitrogen and oxygen atoms in total. The van der Waals surface area contributed by atoms with Crippen LogP contribution in [0, 0.1) is 0 Å². The van der Waals surface area contributed by atoms with Crippen LogP contribution in [-0.2, 0) is 4.79 Å². The maximum atomic E-state index is 11.0. The summed E-state index contributed by atoms with van der Waals surface area (Å²) in [4.78, 5) is 15.2. The number of thiazole rings is 1. The number of rotatable bonds is 5. The van der Waals surface area contributed by atoms with Gasteiger partial charge in [-0.25, -0.2) is 4.98 Å². The van der Waals surface area contributed by atoms with Crippen molar-refractivity contribution in [3.8, 4) is 5.75 Å². The number of hydrogen-bond donors (Lipinski definition) is 1. The van der Waals surface area contributed by atoms with Crippen molar-refractivity contribution in [2.24, 2.45) is 0 Å². The summed E-state index contributed by atoms with van der Waals surface area (Å²) in [5.74, 6) is -0.418. The molecule has 1 unspecified atom stereocenters. The fraction of sp³-hybridized carbons (Fsp3) is 0.231. The van der Waals surface area contributed by atoms with Gasteiger partial charge in [-0.2, -0.15) is 0 Å². The maximum Gasteiger partial charge on any atom is 0.304 e. The standard InChI is InChI=1S/C13H13NO3S/c1-17-11-5-3-2-4-9(11)10(8-12(15)16)13-14-6-7-18-13/h2-7,10H,8H2,1H3,(H,15,16). The highest BCUT2D eigenvalue weighted by Gasteiger charge is 2.23. The van der Waals surface area contributed by atoms with Crippen molar-refractivity contribution in [1.29, 1.82) is 0 Å². The summed E-state index contributed by atoms with van der Waals surface area (Å²) in [5.41, 5.74) is 0.859. The van der Waals surface area contributed by atoms with Crippen molar-refractivity contribution < 1.29 is 14.6 Å². The van der Waals surface area contributed by atoms with Crippen molar-refractivity contribution in [2.75, 3.05) is 7.11 Å². The summed E-state index contributed by atoms with van der Waals surface area (Å²) < 4.78 is 5.29. The highest BCUT2D eigenvalue weighted by Crippen LogP contribution is 2.35. The number of carboxylic acids is 1. The second-order valence-corrected chi connectivity index (χ2v) is 4.69. The lowest BCUT2D eigenvalue weighted by Crippen LogP contribution is -2.09. The summed E-state index contributed by atoms with van der Waals surface area (Å²) in [6, 6.07) is 7.45. The Hall–Kier alpha value is -1.88. The Morgan fingerprint density at radius 2 is 2.28 bits per heavy atom. The van der Waals surface area contributed by atoms with Crippen LogP contribution in [0.1, 0.15) is 22.9 Å². The molecule has 1 heterocycles. The first-order chi connectivity index (χ1) is 8.72. The van der Waals surface area contributed by atoms with Crippen LogP contribution in [0.15, 0.2) is 35.8 Å². The molecule has 1 atom stereocenters. The van der Waals surface area contributed by atoms with Crippen molar-refractivity contribution in [3.63, 3.8) is 0 Å². The average Bonchev–Trinajstić information content (AvgIpc) is 2.89. The summed E-state index contributed by atoms with van der Waals surface area (Å²) in [6.07, 6.45) is 1.69. The fourth-order valence-corrected chi connectivity index (χ4v) is 2.62. The Morgan fingerprint density at radius 3 is 2.89 bits per heavy atom. The number of benzene rings is 1. The first-order valence-electron chi connectivity index (χ1n) is 5.46. The Balaban J connectivity index is 2.43. The molecule has 18 heavy (non-hydrogen) atoms. The van der Waals surface area contributed by atoms with Crippen LogP contribution in [0.25, 0.3) is 0 Å². The van der Waals surface area contributed by atoms with Crippen LogP contribution in [0.4, 0.5) is 0 Å². The van der Waals surface area contributed by atoms with Gasteiger partial charge in [0, 0.05) is 17.1 Å². The van der Waals surface area contributed by atoms with Crippen LogP contribution >= 0.6 is 11.3 Å². The van der Waals surface area contributed by atoms with E-state index in [0.29, 0.717) is 5.75 Å². The molecule has 0 aliphatic carbocycles. The molecule has 1 aromatic heterocycles. The molecule has 0 amide bonds. The van der Waals surface area contributed by atoms with Gasteiger partial charge in [0.2, 0.25) is 0 Å². The van der Waals surface area contributed by atoms with Gasteiger partial charge < -0.3 is 9.84 Å². The molecule has 0 saturated carbocycles. The molecule has 1 N–H and O–H groups in total. The zero-order valence-corrected chi connectivity index (χ0v) is 10.7. The molecule has 1 aromatic carbocycles. The van der Waals surface area contributed by atoms with E-state index >= 15 is 0 Å². The van der Waals surface area contributed by atoms with E-state index < -0.39 is 5.97 Å². The van der Waals surface area contributed by atoms with Gasteiger partial charge in [-0.05, 0) is 6.07 Å². The zero-order valence-electron chi connectivity index (χ0n) is 9.87. The van der Waals surface area contributed by atoms with E-state index in [0.717, 1.165) is 10.6 Å². The first kappa shape index (κ1) is 12.6. The Morgan fingerprint density at radius 1 is 1.50 bits per heavy atom. The molecule has 5 heteroatoms. The van der Waals surface area contributed by atoms with Gasteiger partial charge in [-0.15, -0.1) is 11.3 Å². The van der Waals surface area contributed by atoms with Crippen LogP contribution < -0.4 is 4.74 Å². The molecule has 2 rings (SSSR count).